The van der Waals surface area contributed by atoms with Crippen LogP contribution in [0.15, 0.2) is 54.7 Å². The van der Waals surface area contributed by atoms with Crippen molar-refractivity contribution < 1.29 is 4.74 Å². The van der Waals surface area contributed by atoms with Gasteiger partial charge in [-0.15, -0.1) is 0 Å². The molecule has 0 saturated carbocycles. The van der Waals surface area contributed by atoms with Crippen molar-refractivity contribution in [2.45, 2.75) is 26.1 Å². The lowest BCUT2D eigenvalue weighted by molar-refractivity contribution is -0.00820. The van der Waals surface area contributed by atoms with E-state index in [1.165, 1.54) is 5.56 Å². The van der Waals surface area contributed by atoms with Gasteiger partial charge in [0.2, 0.25) is 0 Å². The van der Waals surface area contributed by atoms with Gasteiger partial charge in [-0.05, 0) is 55.8 Å². The standard InChI is InChI=1S/C23H24N4O/c1-16-5-3-6-19(11-16)26-13-20-15-27(14-17(2)28-20)22-9-8-18(12-24)23-21(22)7-4-10-25-23/h3-11,17,20,26H,13-15H2,1-2H3/t17-,20+/m1/s1. The average molecular weight is 372 g/mol. The summed E-state index contributed by atoms with van der Waals surface area (Å²) in [4.78, 5) is 6.79. The van der Waals surface area contributed by atoms with Crippen LogP contribution < -0.4 is 10.2 Å². The van der Waals surface area contributed by atoms with Gasteiger partial charge in [-0.2, -0.15) is 5.26 Å². The summed E-state index contributed by atoms with van der Waals surface area (Å²) in [6, 6.07) is 18.5. The van der Waals surface area contributed by atoms with Crippen LogP contribution in [0.1, 0.15) is 18.1 Å². The van der Waals surface area contributed by atoms with E-state index in [1.54, 1.807) is 6.20 Å². The Kier molecular flexibility index (Phi) is 5.14. The van der Waals surface area contributed by atoms with Gasteiger partial charge in [0, 0.05) is 42.6 Å². The van der Waals surface area contributed by atoms with E-state index in [2.05, 4.69) is 59.4 Å². The molecule has 142 valence electrons. The monoisotopic (exact) mass is 372 g/mol. The van der Waals surface area contributed by atoms with E-state index in [1.807, 2.05) is 24.3 Å². The molecular weight excluding hydrogens is 348 g/mol. The number of nitrogens with zero attached hydrogens (tertiary/aromatic N) is 3. The lowest BCUT2D eigenvalue weighted by Crippen LogP contribution is -2.49. The molecule has 5 nitrogen and oxygen atoms in total. The van der Waals surface area contributed by atoms with Crippen molar-refractivity contribution in [2.75, 3.05) is 29.9 Å². The third kappa shape index (κ3) is 3.78. The molecule has 1 aromatic heterocycles. The van der Waals surface area contributed by atoms with Crippen LogP contribution >= 0.6 is 0 Å². The summed E-state index contributed by atoms with van der Waals surface area (Å²) in [5.74, 6) is 0. The summed E-state index contributed by atoms with van der Waals surface area (Å²) >= 11 is 0. The van der Waals surface area contributed by atoms with Gasteiger partial charge < -0.3 is 15.0 Å². The number of hydrogen-bond donors (Lipinski definition) is 1. The van der Waals surface area contributed by atoms with Crippen molar-refractivity contribution in [3.8, 4) is 6.07 Å². The number of nitriles is 1. The number of ether oxygens (including phenoxy) is 1. The summed E-state index contributed by atoms with van der Waals surface area (Å²) in [6.45, 7) is 6.55. The Hall–Kier alpha value is -3.10. The van der Waals surface area contributed by atoms with Gasteiger partial charge in [-0.25, -0.2) is 0 Å². The Morgan fingerprint density at radius 1 is 1.21 bits per heavy atom. The molecular formula is C23H24N4O. The van der Waals surface area contributed by atoms with Crippen molar-refractivity contribution in [2.24, 2.45) is 0 Å². The first kappa shape index (κ1) is 18.3. The molecule has 5 heteroatoms. The van der Waals surface area contributed by atoms with Gasteiger partial charge in [0.05, 0.1) is 23.3 Å². The number of pyridine rings is 1. The molecule has 2 heterocycles. The van der Waals surface area contributed by atoms with Crippen LogP contribution in [0, 0.1) is 18.3 Å². The first-order valence-electron chi connectivity index (χ1n) is 9.63. The number of fused-ring (bicyclic) bond motifs is 1. The predicted octanol–water partition coefficient (Wildman–Crippen LogP) is 4.12. The summed E-state index contributed by atoms with van der Waals surface area (Å²) in [5.41, 5.74) is 4.83. The number of nitrogens with one attached hydrogen (secondary N) is 1. The summed E-state index contributed by atoms with van der Waals surface area (Å²) < 4.78 is 6.17. The molecule has 2 atom stereocenters. The molecule has 4 rings (SSSR count). The second-order valence-electron chi connectivity index (χ2n) is 7.37. The van der Waals surface area contributed by atoms with E-state index in [9.17, 15) is 5.26 Å². The molecule has 1 saturated heterocycles. The number of aryl methyl sites for hydroxylation is 1. The van der Waals surface area contributed by atoms with Crippen molar-refractivity contribution >= 4 is 22.3 Å². The average Bonchev–Trinajstić information content (AvgIpc) is 2.71. The Morgan fingerprint density at radius 3 is 2.93 bits per heavy atom. The van der Waals surface area contributed by atoms with E-state index in [-0.39, 0.29) is 12.2 Å². The van der Waals surface area contributed by atoms with Gasteiger partial charge in [-0.3, -0.25) is 4.98 Å². The predicted molar refractivity (Wildman–Crippen MR) is 113 cm³/mol. The number of anilines is 2. The highest BCUT2D eigenvalue weighted by molar-refractivity contribution is 5.95. The molecule has 0 bridgehead atoms. The third-order valence-electron chi connectivity index (χ3n) is 5.09. The number of benzene rings is 2. The van der Waals surface area contributed by atoms with Crippen LogP contribution in [-0.2, 0) is 4.74 Å². The quantitative estimate of drug-likeness (QED) is 0.746. The van der Waals surface area contributed by atoms with Gasteiger partial charge in [0.1, 0.15) is 6.07 Å². The summed E-state index contributed by atoms with van der Waals surface area (Å²) in [5, 5.41) is 13.9. The highest BCUT2D eigenvalue weighted by Crippen LogP contribution is 2.30. The second kappa shape index (κ2) is 7.87. The zero-order valence-corrected chi connectivity index (χ0v) is 16.2. The first-order valence-corrected chi connectivity index (χ1v) is 9.63. The SMILES string of the molecule is Cc1cccc(NC[C@H]2CN(c3ccc(C#N)c4ncccc34)C[C@@H](C)O2)c1. The van der Waals surface area contributed by atoms with Crippen LogP contribution in [0.2, 0.25) is 0 Å². The van der Waals surface area contributed by atoms with Gasteiger partial charge in [0.25, 0.3) is 0 Å². The van der Waals surface area contributed by atoms with Crippen molar-refractivity contribution in [3.05, 3.63) is 65.9 Å². The van der Waals surface area contributed by atoms with Crippen LogP contribution in [0.5, 0.6) is 0 Å². The van der Waals surface area contributed by atoms with Crippen molar-refractivity contribution in [1.82, 2.24) is 4.98 Å². The molecule has 1 N–H and O–H groups in total. The lowest BCUT2D eigenvalue weighted by Gasteiger charge is -2.39. The molecule has 1 fully saturated rings. The number of hydrogen-bond acceptors (Lipinski definition) is 5. The van der Waals surface area contributed by atoms with E-state index in [4.69, 9.17) is 4.74 Å². The van der Waals surface area contributed by atoms with Crippen molar-refractivity contribution in [3.63, 3.8) is 0 Å². The molecule has 0 aliphatic carbocycles. The zero-order chi connectivity index (χ0) is 19.5. The van der Waals surface area contributed by atoms with E-state index >= 15 is 0 Å². The normalized spacial score (nSPS) is 19.4. The highest BCUT2D eigenvalue weighted by atomic mass is 16.5. The molecule has 1 aliphatic heterocycles. The third-order valence-corrected chi connectivity index (χ3v) is 5.09. The minimum absolute atomic E-state index is 0.0756. The topological polar surface area (TPSA) is 61.2 Å². The molecule has 0 amide bonds. The minimum Gasteiger partial charge on any atom is -0.382 e. The summed E-state index contributed by atoms with van der Waals surface area (Å²) in [6.07, 6.45) is 1.94. The highest BCUT2D eigenvalue weighted by Gasteiger charge is 2.26. The van der Waals surface area contributed by atoms with Gasteiger partial charge in [-0.1, -0.05) is 12.1 Å². The van der Waals surface area contributed by atoms with E-state index in [0.717, 1.165) is 41.9 Å². The fraction of sp³-hybridized carbons (Fsp3) is 0.304. The smallest absolute Gasteiger partial charge is 0.101 e. The molecule has 2 aromatic carbocycles. The second-order valence-corrected chi connectivity index (χ2v) is 7.37. The molecule has 1 aliphatic rings. The Morgan fingerprint density at radius 2 is 2.11 bits per heavy atom. The van der Waals surface area contributed by atoms with E-state index in [0.29, 0.717) is 5.56 Å². The van der Waals surface area contributed by atoms with Gasteiger partial charge >= 0.3 is 0 Å². The summed E-state index contributed by atoms with van der Waals surface area (Å²) in [7, 11) is 0. The Bertz CT molecular complexity index is 1030. The molecule has 28 heavy (non-hydrogen) atoms. The largest absolute Gasteiger partial charge is 0.382 e. The molecule has 3 aromatic rings. The first-order chi connectivity index (χ1) is 13.6. The minimum atomic E-state index is 0.0756. The van der Waals surface area contributed by atoms with Crippen molar-refractivity contribution in [1.29, 1.82) is 5.26 Å². The molecule has 0 unspecified atom stereocenters. The van der Waals surface area contributed by atoms with Crippen LogP contribution in [0.3, 0.4) is 0 Å². The molecule has 0 radical (unpaired) electrons. The Labute approximate surface area is 165 Å². The zero-order valence-electron chi connectivity index (χ0n) is 16.2. The van der Waals surface area contributed by atoms with E-state index < -0.39 is 0 Å². The van der Waals surface area contributed by atoms with Crippen LogP contribution in [-0.4, -0.2) is 36.8 Å². The molecule has 0 spiro atoms. The van der Waals surface area contributed by atoms with Crippen LogP contribution in [0.25, 0.3) is 10.9 Å². The Balaban J connectivity index is 1.55. The number of rotatable bonds is 4. The maximum Gasteiger partial charge on any atom is 0.101 e. The van der Waals surface area contributed by atoms with Crippen LogP contribution in [0.4, 0.5) is 11.4 Å². The fourth-order valence-corrected chi connectivity index (χ4v) is 3.86. The fourth-order valence-electron chi connectivity index (χ4n) is 3.86. The lowest BCUT2D eigenvalue weighted by atomic mass is 10.1. The number of morpholine rings is 1. The maximum absolute atomic E-state index is 9.39. The van der Waals surface area contributed by atoms with Gasteiger partial charge in [0.15, 0.2) is 0 Å². The maximum atomic E-state index is 9.39. The number of aromatic nitrogens is 1.